The molecule has 0 saturated carbocycles. The van der Waals surface area contributed by atoms with E-state index in [1.807, 2.05) is 24.3 Å². The SMILES string of the molecule is O=C(O)CCNC(=O)c1ccc(C(NC(=O)Nc2nc3cc(C(F)(F)F)c(Br)cc3s2)c2ccc(C3=CCCCC3)cc2)cc1. The van der Waals surface area contributed by atoms with Gasteiger partial charge in [0.25, 0.3) is 5.91 Å². The first-order valence-electron chi connectivity index (χ1n) is 14.1. The van der Waals surface area contributed by atoms with Crippen molar-refractivity contribution in [3.63, 3.8) is 0 Å². The summed E-state index contributed by atoms with van der Waals surface area (Å²) in [5, 5.41) is 17.1. The number of aliphatic carboxylic acids is 1. The number of fused-ring (bicyclic) bond motifs is 1. The minimum absolute atomic E-state index is 0.0106. The first-order valence-corrected chi connectivity index (χ1v) is 15.7. The van der Waals surface area contributed by atoms with Crippen LogP contribution in [0.4, 0.5) is 23.1 Å². The van der Waals surface area contributed by atoms with Crippen molar-refractivity contribution in [3.8, 4) is 0 Å². The molecule has 8 nitrogen and oxygen atoms in total. The molecule has 0 bridgehead atoms. The number of thiazole rings is 1. The van der Waals surface area contributed by atoms with Crippen LogP contribution in [0.5, 0.6) is 0 Å². The van der Waals surface area contributed by atoms with Crippen LogP contribution in [-0.4, -0.2) is 34.5 Å². The Balaban J connectivity index is 1.38. The number of carboxylic acid groups (broad SMARTS) is 1. The van der Waals surface area contributed by atoms with E-state index in [4.69, 9.17) is 5.11 Å². The van der Waals surface area contributed by atoms with Crippen LogP contribution in [0.1, 0.15) is 70.8 Å². The van der Waals surface area contributed by atoms with Crippen molar-refractivity contribution in [2.24, 2.45) is 0 Å². The van der Waals surface area contributed by atoms with Gasteiger partial charge < -0.3 is 15.7 Å². The van der Waals surface area contributed by atoms with Crippen molar-refractivity contribution >= 4 is 66.1 Å². The number of carbonyl (C=O) groups is 3. The van der Waals surface area contributed by atoms with Gasteiger partial charge in [0.05, 0.1) is 28.2 Å². The fourth-order valence-electron chi connectivity index (χ4n) is 5.05. The maximum Gasteiger partial charge on any atom is 0.417 e. The van der Waals surface area contributed by atoms with E-state index in [-0.39, 0.29) is 28.1 Å². The standard InChI is InChI=1S/C32H28BrF3N4O4S/c33-24-17-26-25(16-23(24)32(34,35)36)38-31(45-26)40-30(44)39-28(20-8-6-19(7-9-20)18-4-2-1-3-5-18)21-10-12-22(13-11-21)29(43)37-15-14-27(41)42/h4,6-13,16-17,28H,1-3,5,14-15H2,(H,37,43)(H,41,42)(H2,38,39,40,44). The average molecular weight is 702 g/mol. The summed E-state index contributed by atoms with van der Waals surface area (Å²) in [6.07, 6.45) is 1.83. The third-order valence-corrected chi connectivity index (χ3v) is 8.90. The highest BCUT2D eigenvalue weighted by Gasteiger charge is 2.33. The van der Waals surface area contributed by atoms with Gasteiger partial charge in [0.1, 0.15) is 0 Å². The molecule has 13 heteroatoms. The number of nitrogens with one attached hydrogen (secondary N) is 3. The molecule has 0 aliphatic heterocycles. The molecule has 0 fully saturated rings. The first-order chi connectivity index (χ1) is 21.5. The fraction of sp³-hybridized carbons (Fsp3) is 0.250. The van der Waals surface area contributed by atoms with Crippen LogP contribution >= 0.6 is 27.3 Å². The van der Waals surface area contributed by atoms with Gasteiger partial charge in [-0.3, -0.25) is 14.9 Å². The molecule has 1 atom stereocenters. The van der Waals surface area contributed by atoms with Crippen LogP contribution in [0.3, 0.4) is 0 Å². The summed E-state index contributed by atoms with van der Waals surface area (Å²) in [7, 11) is 0. The third-order valence-electron chi connectivity index (χ3n) is 7.31. The number of allylic oxidation sites excluding steroid dienone is 2. The van der Waals surface area contributed by atoms with E-state index in [0.717, 1.165) is 47.8 Å². The number of benzene rings is 3. The second-order valence-corrected chi connectivity index (χ2v) is 12.4. The number of hydrogen-bond donors (Lipinski definition) is 4. The van der Waals surface area contributed by atoms with Gasteiger partial charge in [-0.05, 0) is 72.2 Å². The number of anilines is 1. The molecule has 1 unspecified atom stereocenters. The number of amides is 3. The van der Waals surface area contributed by atoms with Crippen molar-refractivity contribution in [2.45, 2.75) is 44.3 Å². The van der Waals surface area contributed by atoms with E-state index in [9.17, 15) is 27.6 Å². The summed E-state index contributed by atoms with van der Waals surface area (Å²) >= 11 is 4.01. The Kier molecular flexibility index (Phi) is 9.88. The van der Waals surface area contributed by atoms with Crippen LogP contribution in [-0.2, 0) is 11.0 Å². The Hall–Kier alpha value is -4.23. The highest BCUT2D eigenvalue weighted by atomic mass is 79.9. The summed E-state index contributed by atoms with van der Waals surface area (Å²) < 4.78 is 40.4. The van der Waals surface area contributed by atoms with E-state index in [0.29, 0.717) is 15.8 Å². The predicted molar refractivity (Wildman–Crippen MR) is 170 cm³/mol. The van der Waals surface area contributed by atoms with Gasteiger partial charge in [0.2, 0.25) is 0 Å². The molecule has 0 saturated heterocycles. The molecule has 0 radical (unpaired) electrons. The monoisotopic (exact) mass is 700 g/mol. The van der Waals surface area contributed by atoms with Crippen LogP contribution in [0, 0.1) is 0 Å². The van der Waals surface area contributed by atoms with E-state index in [2.05, 4.69) is 42.9 Å². The number of nitrogens with zero attached hydrogens (tertiary/aromatic N) is 1. The number of carboxylic acids is 1. The van der Waals surface area contributed by atoms with E-state index < -0.39 is 35.7 Å². The van der Waals surface area contributed by atoms with Gasteiger partial charge in [-0.1, -0.05) is 69.7 Å². The molecule has 5 rings (SSSR count). The van der Waals surface area contributed by atoms with Gasteiger partial charge in [-0.2, -0.15) is 13.2 Å². The van der Waals surface area contributed by atoms with E-state index >= 15 is 0 Å². The fourth-order valence-corrected chi connectivity index (χ4v) is 6.65. The van der Waals surface area contributed by atoms with Gasteiger partial charge in [-0.25, -0.2) is 9.78 Å². The number of aromatic nitrogens is 1. The van der Waals surface area contributed by atoms with Gasteiger partial charge >= 0.3 is 18.2 Å². The molecular formula is C32H28BrF3N4O4S. The smallest absolute Gasteiger partial charge is 0.417 e. The lowest BCUT2D eigenvalue weighted by atomic mass is 9.91. The zero-order chi connectivity index (χ0) is 32.1. The number of urea groups is 1. The van der Waals surface area contributed by atoms with Crippen LogP contribution in [0.15, 0.2) is 71.2 Å². The summed E-state index contributed by atoms with van der Waals surface area (Å²) in [4.78, 5) is 40.6. The van der Waals surface area contributed by atoms with Crippen molar-refractivity contribution in [3.05, 3.63) is 99.0 Å². The molecule has 4 N–H and O–H groups in total. The molecule has 4 aromatic rings. The second-order valence-electron chi connectivity index (χ2n) is 10.5. The summed E-state index contributed by atoms with van der Waals surface area (Å²) in [5.74, 6) is -1.44. The minimum Gasteiger partial charge on any atom is -0.481 e. The molecule has 234 valence electrons. The summed E-state index contributed by atoms with van der Waals surface area (Å²) in [6, 6.07) is 15.4. The molecule has 1 heterocycles. The maximum absolute atomic E-state index is 13.4. The zero-order valence-electron chi connectivity index (χ0n) is 23.7. The number of hydrogen-bond acceptors (Lipinski definition) is 5. The Labute approximate surface area is 268 Å². The Bertz CT molecular complexity index is 1760. The van der Waals surface area contributed by atoms with Crippen LogP contribution < -0.4 is 16.0 Å². The quantitative estimate of drug-likeness (QED) is 0.140. The zero-order valence-corrected chi connectivity index (χ0v) is 26.1. The van der Waals surface area contributed by atoms with Crippen molar-refractivity contribution in [1.29, 1.82) is 0 Å². The molecule has 3 aromatic carbocycles. The Morgan fingerprint density at radius 2 is 1.69 bits per heavy atom. The largest absolute Gasteiger partial charge is 0.481 e. The van der Waals surface area contributed by atoms with Crippen LogP contribution in [0.2, 0.25) is 0 Å². The normalized spacial score (nSPS) is 14.0. The molecule has 3 amide bonds. The lowest BCUT2D eigenvalue weighted by molar-refractivity contribution is -0.138. The third kappa shape index (κ3) is 8.08. The molecule has 45 heavy (non-hydrogen) atoms. The van der Waals surface area contributed by atoms with Gasteiger partial charge in [-0.15, -0.1) is 0 Å². The second kappa shape index (κ2) is 13.8. The molecular weight excluding hydrogens is 673 g/mol. The van der Waals surface area contributed by atoms with Crippen molar-refractivity contribution in [2.75, 3.05) is 11.9 Å². The number of carbonyl (C=O) groups excluding carboxylic acids is 2. The first kappa shape index (κ1) is 32.2. The summed E-state index contributed by atoms with van der Waals surface area (Å²) in [5.41, 5.74) is 3.39. The summed E-state index contributed by atoms with van der Waals surface area (Å²) in [6.45, 7) is -0.0106. The lowest BCUT2D eigenvalue weighted by Crippen LogP contribution is -2.33. The predicted octanol–water partition coefficient (Wildman–Crippen LogP) is 8.15. The van der Waals surface area contributed by atoms with Crippen molar-refractivity contribution < 1.29 is 32.7 Å². The van der Waals surface area contributed by atoms with Gasteiger partial charge in [0, 0.05) is 16.6 Å². The molecule has 0 spiro atoms. The number of alkyl halides is 3. The van der Waals surface area contributed by atoms with E-state index in [1.165, 1.54) is 18.1 Å². The van der Waals surface area contributed by atoms with Gasteiger partial charge in [0.15, 0.2) is 5.13 Å². The Morgan fingerprint density at radius 3 is 2.31 bits per heavy atom. The number of halogens is 4. The molecule has 1 aliphatic carbocycles. The lowest BCUT2D eigenvalue weighted by Gasteiger charge is -2.21. The minimum atomic E-state index is -4.56. The van der Waals surface area contributed by atoms with Crippen LogP contribution in [0.25, 0.3) is 15.8 Å². The molecule has 1 aliphatic rings. The molecule has 1 aromatic heterocycles. The van der Waals surface area contributed by atoms with Crippen molar-refractivity contribution in [1.82, 2.24) is 15.6 Å². The topological polar surface area (TPSA) is 120 Å². The maximum atomic E-state index is 13.4. The highest BCUT2D eigenvalue weighted by Crippen LogP contribution is 2.39. The van der Waals surface area contributed by atoms with E-state index in [1.54, 1.807) is 24.3 Å². The average Bonchev–Trinajstić information content (AvgIpc) is 3.40. The highest BCUT2D eigenvalue weighted by molar-refractivity contribution is 9.10. The Morgan fingerprint density at radius 1 is 1.00 bits per heavy atom. The number of rotatable bonds is 9.